The van der Waals surface area contributed by atoms with Gasteiger partial charge in [0.05, 0.1) is 0 Å². The minimum atomic E-state index is -0.987. The molecule has 1 N–H and O–H groups in total. The molecule has 0 atom stereocenters. The largest absolute Gasteiger partial charge is 0.310 e. The van der Waals surface area contributed by atoms with E-state index in [0.29, 0.717) is 11.5 Å². The van der Waals surface area contributed by atoms with Crippen LogP contribution in [0.3, 0.4) is 0 Å². The van der Waals surface area contributed by atoms with Crippen molar-refractivity contribution < 1.29 is 13.6 Å². The number of imidazole rings is 1. The summed E-state index contributed by atoms with van der Waals surface area (Å²) in [5.74, 6) is -1.82. The molecule has 3 rings (SSSR count). The molecule has 1 aromatic carbocycles. The second-order valence-corrected chi connectivity index (χ2v) is 7.63. The van der Waals surface area contributed by atoms with Gasteiger partial charge in [-0.15, -0.1) is 0 Å². The lowest BCUT2D eigenvalue weighted by molar-refractivity contribution is -0.117. The summed E-state index contributed by atoms with van der Waals surface area (Å²) in [6, 6.07) is 7.60. The molecular formula is C20H21F2N3O. The lowest BCUT2D eigenvalue weighted by Crippen LogP contribution is -2.20. The molecule has 0 spiro atoms. The smallest absolute Gasteiger partial charge is 0.226 e. The molecule has 0 aliphatic carbocycles. The van der Waals surface area contributed by atoms with E-state index in [-0.39, 0.29) is 29.0 Å². The summed E-state index contributed by atoms with van der Waals surface area (Å²) in [6.45, 7) is 7.78. The number of anilines is 1. The molecule has 4 nitrogen and oxygen atoms in total. The number of nitrogens with one attached hydrogen (secondary N) is 1. The average molecular weight is 357 g/mol. The number of benzene rings is 1. The van der Waals surface area contributed by atoms with Gasteiger partial charge in [-0.25, -0.2) is 13.8 Å². The van der Waals surface area contributed by atoms with Crippen LogP contribution in [0.1, 0.15) is 32.8 Å². The predicted octanol–water partition coefficient (Wildman–Crippen LogP) is 4.96. The number of nitrogens with zero attached hydrogens (tertiary/aromatic N) is 2. The highest BCUT2D eigenvalue weighted by Gasteiger charge is 2.22. The van der Waals surface area contributed by atoms with Gasteiger partial charge in [0.1, 0.15) is 17.2 Å². The first-order chi connectivity index (χ1) is 12.2. The molecule has 0 unspecified atom stereocenters. The van der Waals surface area contributed by atoms with Crippen LogP contribution in [0.5, 0.6) is 0 Å². The van der Waals surface area contributed by atoms with Crippen LogP contribution in [0.15, 0.2) is 36.5 Å². The van der Waals surface area contributed by atoms with Crippen molar-refractivity contribution in [2.45, 2.75) is 34.1 Å². The zero-order valence-electron chi connectivity index (χ0n) is 15.2. The van der Waals surface area contributed by atoms with Gasteiger partial charge in [0.25, 0.3) is 0 Å². The first-order valence-corrected chi connectivity index (χ1v) is 8.39. The van der Waals surface area contributed by atoms with E-state index in [4.69, 9.17) is 0 Å². The van der Waals surface area contributed by atoms with Crippen molar-refractivity contribution in [3.05, 3.63) is 53.7 Å². The lowest BCUT2D eigenvalue weighted by Gasteiger charge is -2.17. The fourth-order valence-corrected chi connectivity index (χ4v) is 2.80. The molecule has 0 fully saturated rings. The fourth-order valence-electron chi connectivity index (χ4n) is 2.80. The summed E-state index contributed by atoms with van der Waals surface area (Å²) in [7, 11) is 0. The van der Waals surface area contributed by atoms with Gasteiger partial charge in [-0.2, -0.15) is 0 Å². The van der Waals surface area contributed by atoms with E-state index in [1.165, 1.54) is 12.1 Å². The predicted molar refractivity (Wildman–Crippen MR) is 98.0 cm³/mol. The molecule has 0 aliphatic heterocycles. The number of amides is 1. The first-order valence-electron chi connectivity index (χ1n) is 8.39. The topological polar surface area (TPSA) is 46.4 Å². The molecule has 3 aromatic rings. The highest BCUT2D eigenvalue weighted by molar-refractivity contribution is 5.95. The van der Waals surface area contributed by atoms with Crippen LogP contribution < -0.4 is 5.32 Å². The molecule has 6 heteroatoms. The quantitative estimate of drug-likeness (QED) is 0.720. The fraction of sp³-hybridized carbons (Fsp3) is 0.300. The monoisotopic (exact) mass is 357 g/mol. The highest BCUT2D eigenvalue weighted by Crippen LogP contribution is 2.32. The van der Waals surface area contributed by atoms with E-state index in [2.05, 4.69) is 10.3 Å². The zero-order valence-corrected chi connectivity index (χ0v) is 15.2. The number of hydrogen-bond donors (Lipinski definition) is 1. The van der Waals surface area contributed by atoms with Crippen molar-refractivity contribution in [2.75, 3.05) is 5.32 Å². The maximum absolute atomic E-state index is 14.3. The lowest BCUT2D eigenvalue weighted by atomic mass is 9.92. The van der Waals surface area contributed by atoms with Gasteiger partial charge < -0.3 is 5.32 Å². The number of carbonyl (C=O) groups excluding carboxylic acids is 1. The van der Waals surface area contributed by atoms with E-state index in [1.807, 2.05) is 39.8 Å². The summed E-state index contributed by atoms with van der Waals surface area (Å²) in [4.78, 5) is 16.9. The number of aromatic nitrogens is 2. The molecule has 2 heterocycles. The Kier molecular flexibility index (Phi) is 4.52. The Morgan fingerprint density at radius 2 is 1.96 bits per heavy atom. The zero-order chi connectivity index (χ0) is 19.1. The minimum absolute atomic E-state index is 0.0115. The Balaban J connectivity index is 2.16. The van der Waals surface area contributed by atoms with Crippen LogP contribution in [0, 0.1) is 24.0 Å². The van der Waals surface area contributed by atoms with Gasteiger partial charge in [-0.1, -0.05) is 26.8 Å². The number of carbonyl (C=O) groups is 1. The maximum atomic E-state index is 14.3. The van der Waals surface area contributed by atoms with Crippen molar-refractivity contribution >= 4 is 17.4 Å². The average Bonchev–Trinajstić information content (AvgIpc) is 2.85. The van der Waals surface area contributed by atoms with Gasteiger partial charge in [0.15, 0.2) is 11.6 Å². The van der Waals surface area contributed by atoms with E-state index in [1.54, 1.807) is 10.6 Å². The summed E-state index contributed by atoms with van der Waals surface area (Å²) >= 11 is 0. The summed E-state index contributed by atoms with van der Waals surface area (Å²) in [5, 5.41) is 2.83. The van der Waals surface area contributed by atoms with Gasteiger partial charge >= 0.3 is 0 Å². The molecule has 26 heavy (non-hydrogen) atoms. The second kappa shape index (κ2) is 6.52. The molecule has 0 aliphatic rings. The first kappa shape index (κ1) is 18.0. The summed E-state index contributed by atoms with van der Waals surface area (Å²) < 4.78 is 29.7. The summed E-state index contributed by atoms with van der Waals surface area (Å²) in [6.07, 6.45) is 2.04. The second-order valence-electron chi connectivity index (χ2n) is 7.63. The van der Waals surface area contributed by atoms with Crippen LogP contribution in [0.25, 0.3) is 16.9 Å². The number of rotatable bonds is 3. The highest BCUT2D eigenvalue weighted by atomic mass is 19.2. The van der Waals surface area contributed by atoms with E-state index in [9.17, 15) is 13.6 Å². The van der Waals surface area contributed by atoms with Gasteiger partial charge in [0, 0.05) is 18.2 Å². The maximum Gasteiger partial charge on any atom is 0.226 e. The number of aryl methyl sites for hydroxylation is 1. The third kappa shape index (κ3) is 3.59. The van der Waals surface area contributed by atoms with Crippen molar-refractivity contribution in [2.24, 2.45) is 5.41 Å². The third-order valence-corrected chi connectivity index (χ3v) is 3.94. The summed E-state index contributed by atoms with van der Waals surface area (Å²) in [5.41, 5.74) is 1.54. The normalized spacial score (nSPS) is 11.8. The van der Waals surface area contributed by atoms with Crippen molar-refractivity contribution in [3.8, 4) is 11.3 Å². The Bertz CT molecular complexity index is 987. The minimum Gasteiger partial charge on any atom is -0.310 e. The van der Waals surface area contributed by atoms with E-state index < -0.39 is 11.6 Å². The number of fused-ring (bicyclic) bond motifs is 1. The molecule has 136 valence electrons. The van der Waals surface area contributed by atoms with E-state index >= 15 is 0 Å². The molecule has 2 aromatic heterocycles. The van der Waals surface area contributed by atoms with Crippen LogP contribution >= 0.6 is 0 Å². The van der Waals surface area contributed by atoms with Crippen molar-refractivity contribution in [3.63, 3.8) is 0 Å². The SMILES string of the molecule is Cc1ccn2c(NC(=O)CC(C)(C)C)c(-c3cccc(F)c3F)nc2c1. The van der Waals surface area contributed by atoms with Crippen LogP contribution in [0.2, 0.25) is 0 Å². The van der Waals surface area contributed by atoms with Gasteiger partial charge in [0.2, 0.25) is 5.91 Å². The van der Waals surface area contributed by atoms with Crippen LogP contribution in [0.4, 0.5) is 14.6 Å². The number of hydrogen-bond acceptors (Lipinski definition) is 2. The van der Waals surface area contributed by atoms with Crippen LogP contribution in [-0.2, 0) is 4.79 Å². The Labute approximate surface area is 150 Å². The van der Waals surface area contributed by atoms with Crippen LogP contribution in [-0.4, -0.2) is 15.3 Å². The number of halogens is 2. The van der Waals surface area contributed by atoms with E-state index in [0.717, 1.165) is 11.6 Å². The molecule has 0 bridgehead atoms. The molecule has 0 saturated heterocycles. The van der Waals surface area contributed by atoms with Gasteiger partial charge in [-0.05, 0) is 42.2 Å². The van der Waals surface area contributed by atoms with Crippen molar-refractivity contribution in [1.29, 1.82) is 0 Å². The third-order valence-electron chi connectivity index (χ3n) is 3.94. The molecule has 0 saturated carbocycles. The van der Waals surface area contributed by atoms with Gasteiger partial charge in [-0.3, -0.25) is 9.20 Å². The van der Waals surface area contributed by atoms with Crippen molar-refractivity contribution in [1.82, 2.24) is 9.38 Å². The molecule has 0 radical (unpaired) electrons. The Morgan fingerprint density at radius 1 is 1.23 bits per heavy atom. The Hall–Kier alpha value is -2.76. The molecule has 1 amide bonds. The number of pyridine rings is 1. The standard InChI is InChI=1S/C20H21F2N3O/c1-12-8-9-25-15(10-12)23-18(13-6-5-7-14(21)17(13)22)19(25)24-16(26)11-20(2,3)4/h5-10H,11H2,1-4H3,(H,24,26). The molecular weight excluding hydrogens is 336 g/mol. The Morgan fingerprint density at radius 3 is 2.65 bits per heavy atom.